The highest BCUT2D eigenvalue weighted by Gasteiger charge is 2.16. The molecule has 1 nitrogen and oxygen atoms in total. The molecule has 0 fully saturated rings. The zero-order valence-corrected chi connectivity index (χ0v) is 9.58. The Morgan fingerprint density at radius 3 is 2.41 bits per heavy atom. The lowest BCUT2D eigenvalue weighted by Gasteiger charge is -2.21. The Bertz CT molecular complexity index is 595. The average molecular weight is 221 g/mol. The number of nitrogens with two attached hydrogens (primary N) is 1. The highest BCUT2D eigenvalue weighted by Crippen LogP contribution is 2.26. The topological polar surface area (TPSA) is 26.0 Å². The standard InChI is InChI=1S/C16H15N/c17-16-8-4-3-7-15(16)14-10-9-12-5-1-2-6-13(12)11-14/h1-11,15-16H,17H2/t15-,16+/m1/s1. The van der Waals surface area contributed by atoms with Crippen LogP contribution in [-0.2, 0) is 0 Å². The Kier molecular flexibility index (Phi) is 2.54. The monoisotopic (exact) mass is 221 g/mol. The van der Waals surface area contributed by atoms with Gasteiger partial charge >= 0.3 is 0 Å². The SMILES string of the molecule is N[C@H]1C=CC=C[C@@H]1c1ccc2ccccc2c1. The zero-order valence-electron chi connectivity index (χ0n) is 9.58. The van der Waals surface area contributed by atoms with Crippen molar-refractivity contribution in [3.8, 4) is 0 Å². The van der Waals surface area contributed by atoms with Crippen LogP contribution in [0.5, 0.6) is 0 Å². The molecule has 0 saturated carbocycles. The van der Waals surface area contributed by atoms with Crippen LogP contribution in [0.15, 0.2) is 66.8 Å². The van der Waals surface area contributed by atoms with Crippen molar-refractivity contribution in [3.05, 3.63) is 72.3 Å². The van der Waals surface area contributed by atoms with Crippen LogP contribution >= 0.6 is 0 Å². The van der Waals surface area contributed by atoms with Crippen LogP contribution in [0.3, 0.4) is 0 Å². The molecule has 0 unspecified atom stereocenters. The van der Waals surface area contributed by atoms with Gasteiger partial charge in [0.05, 0.1) is 0 Å². The van der Waals surface area contributed by atoms with Gasteiger partial charge in [-0.15, -0.1) is 0 Å². The molecule has 2 aromatic carbocycles. The van der Waals surface area contributed by atoms with E-state index in [0.717, 1.165) is 0 Å². The van der Waals surface area contributed by atoms with Crippen molar-refractivity contribution in [2.24, 2.45) is 5.73 Å². The van der Waals surface area contributed by atoms with Crippen molar-refractivity contribution in [1.82, 2.24) is 0 Å². The largest absolute Gasteiger partial charge is 0.324 e. The third-order valence-electron chi connectivity index (χ3n) is 3.34. The van der Waals surface area contributed by atoms with Crippen molar-refractivity contribution in [3.63, 3.8) is 0 Å². The molecule has 1 heteroatoms. The van der Waals surface area contributed by atoms with Gasteiger partial charge in [0.1, 0.15) is 0 Å². The second-order valence-electron chi connectivity index (χ2n) is 4.48. The molecule has 2 aromatic rings. The normalized spacial score (nSPS) is 23.1. The minimum atomic E-state index is 0.0844. The lowest BCUT2D eigenvalue weighted by molar-refractivity contribution is 0.714. The molecule has 0 bridgehead atoms. The summed E-state index contributed by atoms with van der Waals surface area (Å²) in [7, 11) is 0. The maximum absolute atomic E-state index is 6.12. The van der Waals surface area contributed by atoms with E-state index in [1.165, 1.54) is 16.3 Å². The fraction of sp³-hybridized carbons (Fsp3) is 0.125. The first-order chi connectivity index (χ1) is 8.34. The van der Waals surface area contributed by atoms with Gasteiger partial charge in [0.2, 0.25) is 0 Å². The van der Waals surface area contributed by atoms with Crippen LogP contribution in [0, 0.1) is 0 Å². The number of hydrogen-bond acceptors (Lipinski definition) is 1. The molecule has 1 aliphatic carbocycles. The molecule has 84 valence electrons. The van der Waals surface area contributed by atoms with Crippen molar-refractivity contribution in [2.75, 3.05) is 0 Å². The first-order valence-corrected chi connectivity index (χ1v) is 5.94. The molecule has 0 radical (unpaired) electrons. The molecule has 0 amide bonds. The smallest absolute Gasteiger partial charge is 0.0332 e. The Morgan fingerprint density at radius 2 is 1.59 bits per heavy atom. The third-order valence-corrected chi connectivity index (χ3v) is 3.34. The Morgan fingerprint density at radius 1 is 0.824 bits per heavy atom. The summed E-state index contributed by atoms with van der Waals surface area (Å²) in [5.74, 6) is 0.296. The molecule has 0 aliphatic heterocycles. The molecule has 0 heterocycles. The molecule has 0 saturated heterocycles. The van der Waals surface area contributed by atoms with E-state index in [1.54, 1.807) is 0 Å². The first-order valence-electron chi connectivity index (χ1n) is 5.94. The molecule has 17 heavy (non-hydrogen) atoms. The average Bonchev–Trinajstić information content (AvgIpc) is 2.39. The van der Waals surface area contributed by atoms with Crippen LogP contribution < -0.4 is 5.73 Å². The Balaban J connectivity index is 2.06. The van der Waals surface area contributed by atoms with E-state index in [2.05, 4.69) is 60.7 Å². The summed E-state index contributed by atoms with van der Waals surface area (Å²) in [6.45, 7) is 0. The Labute approximate surface area is 101 Å². The minimum absolute atomic E-state index is 0.0844. The highest BCUT2D eigenvalue weighted by molar-refractivity contribution is 5.83. The summed E-state index contributed by atoms with van der Waals surface area (Å²) in [6, 6.07) is 15.1. The van der Waals surface area contributed by atoms with Gasteiger partial charge in [0, 0.05) is 12.0 Å². The van der Waals surface area contributed by atoms with Gasteiger partial charge in [-0.1, -0.05) is 66.8 Å². The number of rotatable bonds is 1. The van der Waals surface area contributed by atoms with Gasteiger partial charge in [-0.2, -0.15) is 0 Å². The van der Waals surface area contributed by atoms with Crippen molar-refractivity contribution >= 4 is 10.8 Å². The van der Waals surface area contributed by atoms with Crippen LogP contribution in [0.1, 0.15) is 11.5 Å². The van der Waals surface area contributed by atoms with Gasteiger partial charge in [-0.3, -0.25) is 0 Å². The van der Waals surface area contributed by atoms with E-state index < -0.39 is 0 Å². The van der Waals surface area contributed by atoms with E-state index in [1.807, 2.05) is 6.08 Å². The van der Waals surface area contributed by atoms with Gasteiger partial charge in [-0.25, -0.2) is 0 Å². The molecule has 3 rings (SSSR count). The lowest BCUT2D eigenvalue weighted by atomic mass is 9.88. The number of fused-ring (bicyclic) bond motifs is 1. The number of hydrogen-bond donors (Lipinski definition) is 1. The molecular weight excluding hydrogens is 206 g/mol. The number of benzene rings is 2. The molecule has 0 aromatic heterocycles. The van der Waals surface area contributed by atoms with E-state index in [9.17, 15) is 0 Å². The van der Waals surface area contributed by atoms with Gasteiger partial charge in [0.25, 0.3) is 0 Å². The zero-order chi connectivity index (χ0) is 11.7. The quantitative estimate of drug-likeness (QED) is 0.785. The third kappa shape index (κ3) is 1.90. The van der Waals surface area contributed by atoms with E-state index in [0.29, 0.717) is 5.92 Å². The maximum atomic E-state index is 6.12. The van der Waals surface area contributed by atoms with Crippen LogP contribution in [-0.4, -0.2) is 6.04 Å². The Hall–Kier alpha value is -1.86. The lowest BCUT2D eigenvalue weighted by Crippen LogP contribution is -2.26. The fourth-order valence-corrected chi connectivity index (χ4v) is 2.37. The summed E-state index contributed by atoms with van der Waals surface area (Å²) in [6.07, 6.45) is 8.32. The second kappa shape index (κ2) is 4.19. The summed E-state index contributed by atoms with van der Waals surface area (Å²) in [4.78, 5) is 0. The summed E-state index contributed by atoms with van der Waals surface area (Å²) in [5, 5.41) is 2.56. The summed E-state index contributed by atoms with van der Waals surface area (Å²) < 4.78 is 0. The van der Waals surface area contributed by atoms with Crippen LogP contribution in [0.4, 0.5) is 0 Å². The van der Waals surface area contributed by atoms with E-state index in [-0.39, 0.29) is 6.04 Å². The maximum Gasteiger partial charge on any atom is 0.0332 e. The minimum Gasteiger partial charge on any atom is -0.324 e. The summed E-state index contributed by atoms with van der Waals surface area (Å²) >= 11 is 0. The van der Waals surface area contributed by atoms with E-state index >= 15 is 0 Å². The highest BCUT2D eigenvalue weighted by atomic mass is 14.6. The van der Waals surface area contributed by atoms with Gasteiger partial charge < -0.3 is 5.73 Å². The first kappa shape index (κ1) is 10.3. The second-order valence-corrected chi connectivity index (χ2v) is 4.48. The van der Waals surface area contributed by atoms with Crippen LogP contribution in [0.2, 0.25) is 0 Å². The fourth-order valence-electron chi connectivity index (χ4n) is 2.37. The molecule has 1 aliphatic rings. The predicted octanol–water partition coefficient (Wildman–Crippen LogP) is 3.38. The van der Waals surface area contributed by atoms with Crippen molar-refractivity contribution < 1.29 is 0 Å². The number of allylic oxidation sites excluding steroid dienone is 2. The van der Waals surface area contributed by atoms with Gasteiger partial charge in [-0.05, 0) is 16.3 Å². The predicted molar refractivity (Wildman–Crippen MR) is 72.9 cm³/mol. The molecule has 2 atom stereocenters. The molecule has 0 spiro atoms. The van der Waals surface area contributed by atoms with Crippen LogP contribution in [0.25, 0.3) is 10.8 Å². The van der Waals surface area contributed by atoms with Crippen molar-refractivity contribution in [2.45, 2.75) is 12.0 Å². The summed E-state index contributed by atoms with van der Waals surface area (Å²) in [5.41, 5.74) is 7.41. The van der Waals surface area contributed by atoms with E-state index in [4.69, 9.17) is 5.73 Å². The molecular formula is C16H15N. The molecule has 2 N–H and O–H groups in total. The van der Waals surface area contributed by atoms with Gasteiger partial charge in [0.15, 0.2) is 0 Å². The van der Waals surface area contributed by atoms with Crippen molar-refractivity contribution in [1.29, 1.82) is 0 Å².